The van der Waals surface area contributed by atoms with Gasteiger partial charge in [0.15, 0.2) is 17.3 Å². The molecule has 0 saturated carbocycles. The average Bonchev–Trinajstić information content (AvgIpc) is 2.63. The number of phenolic OH excluding ortho intramolecular Hbond substituents is 1. The van der Waals surface area contributed by atoms with Gasteiger partial charge in [-0.3, -0.25) is 4.79 Å². The standard InChI is InChI=1S/C20H22ClNO5/c1-4-27-20(25)16-10(2)22-13-6-5-7-14(23)18(13)17(16)11-8-12(21)19(24)15(9-11)26-3/h8-9,17,22,24H,4-7H2,1-3H3. The minimum atomic E-state index is -0.625. The number of halogens is 1. The third-order valence-electron chi connectivity index (χ3n) is 4.88. The van der Waals surface area contributed by atoms with E-state index in [9.17, 15) is 14.7 Å². The Labute approximate surface area is 162 Å². The van der Waals surface area contributed by atoms with Gasteiger partial charge in [0.2, 0.25) is 0 Å². The molecule has 1 aromatic rings. The van der Waals surface area contributed by atoms with Crippen LogP contribution >= 0.6 is 11.6 Å². The molecule has 1 aromatic carbocycles. The van der Waals surface area contributed by atoms with Crippen LogP contribution in [0.25, 0.3) is 0 Å². The van der Waals surface area contributed by atoms with Gasteiger partial charge in [-0.1, -0.05) is 11.6 Å². The van der Waals surface area contributed by atoms with E-state index in [1.807, 2.05) is 0 Å². The number of rotatable bonds is 4. The van der Waals surface area contributed by atoms with Crippen LogP contribution in [0.2, 0.25) is 5.02 Å². The molecule has 27 heavy (non-hydrogen) atoms. The van der Waals surface area contributed by atoms with E-state index in [-0.39, 0.29) is 28.9 Å². The molecule has 6 nitrogen and oxygen atoms in total. The fourth-order valence-electron chi connectivity index (χ4n) is 3.71. The zero-order valence-electron chi connectivity index (χ0n) is 15.5. The second-order valence-corrected chi connectivity index (χ2v) is 6.95. The van der Waals surface area contributed by atoms with Gasteiger partial charge < -0.3 is 19.9 Å². The number of phenols is 1. The van der Waals surface area contributed by atoms with Gasteiger partial charge in [0.25, 0.3) is 0 Å². The number of hydrogen-bond donors (Lipinski definition) is 2. The van der Waals surface area contributed by atoms with E-state index in [0.29, 0.717) is 28.8 Å². The maximum absolute atomic E-state index is 12.8. The minimum absolute atomic E-state index is 0.00814. The predicted octanol–water partition coefficient (Wildman–Crippen LogP) is 3.59. The third-order valence-corrected chi connectivity index (χ3v) is 5.16. The number of methoxy groups -OCH3 is 1. The first-order chi connectivity index (χ1) is 12.9. The van der Waals surface area contributed by atoms with Gasteiger partial charge in [-0.2, -0.15) is 0 Å². The number of nitrogens with one attached hydrogen (secondary N) is 1. The molecule has 1 aliphatic heterocycles. The Morgan fingerprint density at radius 1 is 1.37 bits per heavy atom. The van der Waals surface area contributed by atoms with Crippen molar-refractivity contribution >= 4 is 23.4 Å². The lowest BCUT2D eigenvalue weighted by atomic mass is 9.75. The first-order valence-corrected chi connectivity index (χ1v) is 9.24. The zero-order valence-corrected chi connectivity index (χ0v) is 16.3. The quantitative estimate of drug-likeness (QED) is 0.763. The molecule has 2 N–H and O–H groups in total. The molecule has 0 aromatic heterocycles. The molecule has 0 spiro atoms. The van der Waals surface area contributed by atoms with E-state index in [2.05, 4.69) is 5.32 Å². The number of dihydropyridines is 1. The van der Waals surface area contributed by atoms with E-state index in [0.717, 1.165) is 18.5 Å². The van der Waals surface area contributed by atoms with Crippen LogP contribution in [0, 0.1) is 0 Å². The summed E-state index contributed by atoms with van der Waals surface area (Å²) in [4.78, 5) is 25.5. The lowest BCUT2D eigenvalue weighted by molar-refractivity contribution is -0.138. The van der Waals surface area contributed by atoms with Crippen LogP contribution in [0.1, 0.15) is 44.6 Å². The molecule has 3 rings (SSSR count). The average molecular weight is 392 g/mol. The smallest absolute Gasteiger partial charge is 0.336 e. The van der Waals surface area contributed by atoms with Gasteiger partial charge in [-0.05, 0) is 44.4 Å². The van der Waals surface area contributed by atoms with E-state index >= 15 is 0 Å². The summed E-state index contributed by atoms with van der Waals surface area (Å²) in [6.45, 7) is 3.75. The largest absolute Gasteiger partial charge is 0.503 e. The van der Waals surface area contributed by atoms with Gasteiger partial charge in [0, 0.05) is 29.3 Å². The normalized spacial score (nSPS) is 19.6. The molecule has 0 fully saturated rings. The topological polar surface area (TPSA) is 84.9 Å². The summed E-state index contributed by atoms with van der Waals surface area (Å²) in [5.41, 5.74) is 3.00. The summed E-state index contributed by atoms with van der Waals surface area (Å²) in [5, 5.41) is 13.4. The maximum atomic E-state index is 12.8. The van der Waals surface area contributed by atoms with Crippen LogP contribution in [0.15, 0.2) is 34.7 Å². The number of hydrogen-bond acceptors (Lipinski definition) is 6. The number of ketones is 1. The molecule has 1 heterocycles. The number of esters is 1. The Morgan fingerprint density at radius 2 is 2.11 bits per heavy atom. The Morgan fingerprint density at radius 3 is 2.78 bits per heavy atom. The number of Topliss-reactive ketones (excluding diaryl/α,β-unsaturated/α-hetero) is 1. The molecule has 0 bridgehead atoms. The van der Waals surface area contributed by atoms with E-state index in [1.54, 1.807) is 26.0 Å². The van der Waals surface area contributed by atoms with Crippen molar-refractivity contribution in [3.05, 3.63) is 45.3 Å². The molecular weight excluding hydrogens is 370 g/mol. The number of aromatic hydroxyl groups is 1. The highest BCUT2D eigenvalue weighted by Gasteiger charge is 2.39. The number of ether oxygens (including phenoxy) is 2. The molecule has 144 valence electrons. The fraction of sp³-hybridized carbons (Fsp3) is 0.400. The highest BCUT2D eigenvalue weighted by molar-refractivity contribution is 6.32. The van der Waals surface area contributed by atoms with Gasteiger partial charge in [-0.15, -0.1) is 0 Å². The van der Waals surface area contributed by atoms with Crippen LogP contribution in [0.5, 0.6) is 11.5 Å². The number of carbonyl (C=O) groups excluding carboxylic acids is 2. The molecule has 0 radical (unpaired) electrons. The molecule has 2 aliphatic rings. The minimum Gasteiger partial charge on any atom is -0.503 e. The second kappa shape index (κ2) is 7.64. The highest BCUT2D eigenvalue weighted by atomic mass is 35.5. The Hall–Kier alpha value is -2.47. The predicted molar refractivity (Wildman–Crippen MR) is 101 cm³/mol. The third kappa shape index (κ3) is 3.41. The van der Waals surface area contributed by atoms with Gasteiger partial charge in [-0.25, -0.2) is 4.79 Å². The highest BCUT2D eigenvalue weighted by Crippen LogP contribution is 2.46. The molecule has 1 atom stereocenters. The Kier molecular flexibility index (Phi) is 5.46. The van der Waals surface area contributed by atoms with E-state index in [1.165, 1.54) is 7.11 Å². The van der Waals surface area contributed by atoms with Crippen molar-refractivity contribution in [2.75, 3.05) is 13.7 Å². The van der Waals surface area contributed by atoms with Gasteiger partial charge >= 0.3 is 5.97 Å². The summed E-state index contributed by atoms with van der Waals surface area (Å²) in [7, 11) is 1.42. The number of allylic oxidation sites excluding steroid dienone is 3. The van der Waals surface area contributed by atoms with Crippen molar-refractivity contribution in [3.8, 4) is 11.5 Å². The number of carbonyl (C=O) groups is 2. The molecular formula is C20H22ClNO5. The van der Waals surface area contributed by atoms with Crippen LogP contribution in [0.3, 0.4) is 0 Å². The van der Waals surface area contributed by atoms with Crippen molar-refractivity contribution in [2.24, 2.45) is 0 Å². The lowest BCUT2D eigenvalue weighted by Crippen LogP contribution is -2.34. The summed E-state index contributed by atoms with van der Waals surface area (Å²) < 4.78 is 10.5. The van der Waals surface area contributed by atoms with Gasteiger partial charge in [0.05, 0.1) is 24.3 Å². The van der Waals surface area contributed by atoms with Crippen LogP contribution in [0.4, 0.5) is 0 Å². The van der Waals surface area contributed by atoms with E-state index < -0.39 is 11.9 Å². The van der Waals surface area contributed by atoms with Gasteiger partial charge in [0.1, 0.15) is 0 Å². The zero-order chi connectivity index (χ0) is 19.7. The van der Waals surface area contributed by atoms with Crippen LogP contribution in [-0.2, 0) is 14.3 Å². The van der Waals surface area contributed by atoms with Crippen molar-refractivity contribution in [3.63, 3.8) is 0 Å². The first kappa shape index (κ1) is 19.3. The molecule has 0 saturated heterocycles. The summed E-state index contributed by atoms with van der Waals surface area (Å²) >= 11 is 6.17. The van der Waals surface area contributed by atoms with Crippen molar-refractivity contribution in [1.29, 1.82) is 0 Å². The van der Waals surface area contributed by atoms with Crippen molar-refractivity contribution < 1.29 is 24.2 Å². The Balaban J connectivity index is 2.23. The number of benzene rings is 1. The van der Waals surface area contributed by atoms with Crippen LogP contribution < -0.4 is 10.1 Å². The molecule has 0 amide bonds. The Bertz CT molecular complexity index is 871. The molecule has 1 aliphatic carbocycles. The summed E-state index contributed by atoms with van der Waals surface area (Å²) in [6, 6.07) is 3.17. The molecule has 7 heteroatoms. The maximum Gasteiger partial charge on any atom is 0.336 e. The molecule has 1 unspecified atom stereocenters. The summed E-state index contributed by atoms with van der Waals surface area (Å²) in [5.74, 6) is -1.12. The van der Waals surface area contributed by atoms with E-state index in [4.69, 9.17) is 21.1 Å². The van der Waals surface area contributed by atoms with Crippen molar-refractivity contribution in [2.45, 2.75) is 39.0 Å². The summed E-state index contributed by atoms with van der Waals surface area (Å²) in [6.07, 6.45) is 1.92. The fourth-order valence-corrected chi connectivity index (χ4v) is 3.93. The first-order valence-electron chi connectivity index (χ1n) is 8.86. The van der Waals surface area contributed by atoms with Crippen molar-refractivity contribution in [1.82, 2.24) is 5.32 Å². The lowest BCUT2D eigenvalue weighted by Gasteiger charge is -2.34. The monoisotopic (exact) mass is 391 g/mol. The second-order valence-electron chi connectivity index (χ2n) is 6.54. The van der Waals surface area contributed by atoms with Crippen LogP contribution in [-0.4, -0.2) is 30.6 Å². The SMILES string of the molecule is CCOC(=O)C1=C(C)NC2=C(C(=O)CCC2)C1c1cc(Cl)c(O)c(OC)c1.